The van der Waals surface area contributed by atoms with Crippen LogP contribution >= 0.6 is 23.2 Å². The Balaban J connectivity index is 1.80. The number of halogens is 2. The van der Waals surface area contributed by atoms with E-state index in [0.717, 1.165) is 6.42 Å². The molecule has 0 spiro atoms. The fourth-order valence-electron chi connectivity index (χ4n) is 3.52. The van der Waals surface area contributed by atoms with Crippen LogP contribution in [0.2, 0.25) is 10.0 Å². The van der Waals surface area contributed by atoms with Gasteiger partial charge >= 0.3 is 0 Å². The van der Waals surface area contributed by atoms with Crippen molar-refractivity contribution in [3.63, 3.8) is 0 Å². The maximum Gasteiger partial charge on any atom is 0.281 e. The molecule has 0 aliphatic carbocycles. The van der Waals surface area contributed by atoms with Gasteiger partial charge in [-0.1, -0.05) is 23.2 Å². The van der Waals surface area contributed by atoms with E-state index >= 15 is 0 Å². The molecule has 0 aromatic heterocycles. The summed E-state index contributed by atoms with van der Waals surface area (Å²) in [6.45, 7) is 5.93. The zero-order chi connectivity index (χ0) is 19.8. The molecule has 10 heteroatoms. The van der Waals surface area contributed by atoms with Gasteiger partial charge in [-0.05, 0) is 38.5 Å². The molecule has 0 bridgehead atoms. The molecular weight excluding hydrogens is 395 g/mol. The fourth-order valence-corrected chi connectivity index (χ4v) is 3.82. The molecule has 8 nitrogen and oxygen atoms in total. The Morgan fingerprint density at radius 3 is 2.70 bits per heavy atom. The maximum absolute atomic E-state index is 12.9. The summed E-state index contributed by atoms with van der Waals surface area (Å²) in [5, 5.41) is 14.3. The first kappa shape index (κ1) is 19.9. The summed E-state index contributed by atoms with van der Waals surface area (Å²) in [7, 11) is 0. The van der Waals surface area contributed by atoms with Crippen molar-refractivity contribution in [3.8, 4) is 0 Å². The smallest absolute Gasteiger partial charge is 0.281 e. The highest BCUT2D eigenvalue weighted by molar-refractivity contribution is 6.42. The van der Waals surface area contributed by atoms with Gasteiger partial charge in [-0.3, -0.25) is 9.69 Å². The highest BCUT2D eigenvalue weighted by Gasteiger charge is 2.39. The molecule has 1 unspecified atom stereocenters. The van der Waals surface area contributed by atoms with E-state index in [0.29, 0.717) is 36.8 Å². The van der Waals surface area contributed by atoms with Crippen LogP contribution in [0.1, 0.15) is 30.6 Å². The quantitative estimate of drug-likeness (QED) is 0.557. The van der Waals surface area contributed by atoms with Crippen molar-refractivity contribution in [1.82, 2.24) is 9.80 Å². The largest absolute Gasteiger partial charge is 0.375 e. The van der Waals surface area contributed by atoms with Gasteiger partial charge in [-0.25, -0.2) is 10.1 Å². The zero-order valence-corrected chi connectivity index (χ0v) is 16.5. The first-order valence-corrected chi connectivity index (χ1v) is 9.31. The van der Waals surface area contributed by atoms with Gasteiger partial charge in [0.15, 0.2) is 5.03 Å². The molecule has 1 amide bonds. The van der Waals surface area contributed by atoms with Crippen LogP contribution in [-0.2, 0) is 4.74 Å². The van der Waals surface area contributed by atoms with Gasteiger partial charge in [0.2, 0.25) is 0 Å². The fraction of sp³-hybridized carbons (Fsp3) is 0.529. The minimum atomic E-state index is -0.780. The number of nitro groups is 1. The topological polar surface area (TPSA) is 88.3 Å². The number of benzene rings is 1. The van der Waals surface area contributed by atoms with Crippen molar-refractivity contribution >= 4 is 35.1 Å². The van der Waals surface area contributed by atoms with E-state index in [2.05, 4.69) is 5.10 Å². The minimum Gasteiger partial charge on any atom is -0.375 e. The lowest BCUT2D eigenvalue weighted by Gasteiger charge is -2.22. The Bertz CT molecular complexity index is 799. The monoisotopic (exact) mass is 414 g/mol. The number of hydrazone groups is 1. The normalized spacial score (nSPS) is 23.3. The van der Waals surface area contributed by atoms with E-state index in [9.17, 15) is 14.9 Å². The second-order valence-corrected chi connectivity index (χ2v) is 8.12. The van der Waals surface area contributed by atoms with Crippen molar-refractivity contribution < 1.29 is 14.6 Å². The van der Waals surface area contributed by atoms with Crippen LogP contribution in [0.25, 0.3) is 0 Å². The molecule has 2 aliphatic rings. The summed E-state index contributed by atoms with van der Waals surface area (Å²) in [4.78, 5) is 27.0. The molecule has 27 heavy (non-hydrogen) atoms. The lowest BCUT2D eigenvalue weighted by molar-refractivity contribution is -0.486. The third-order valence-electron chi connectivity index (χ3n) is 4.67. The number of carbonyl (C=O) groups excluding carboxylic acids is 1. The average molecular weight is 415 g/mol. The van der Waals surface area contributed by atoms with Gasteiger partial charge in [-0.15, -0.1) is 0 Å². The molecule has 1 aromatic carbocycles. The van der Waals surface area contributed by atoms with E-state index < -0.39 is 10.9 Å². The van der Waals surface area contributed by atoms with Crippen molar-refractivity contribution in [1.29, 1.82) is 0 Å². The lowest BCUT2D eigenvalue weighted by Crippen LogP contribution is -2.40. The predicted octanol–water partition coefficient (Wildman–Crippen LogP) is 3.11. The highest BCUT2D eigenvalue weighted by Crippen LogP contribution is 2.30. The van der Waals surface area contributed by atoms with Gasteiger partial charge < -0.3 is 9.64 Å². The SMILES string of the molecule is CC1(C)CC(CN2CCN(C(=O)c3ccc(Cl)c(Cl)c3)C2=N[N+](=O)[O-])CO1. The molecule has 0 radical (unpaired) electrons. The Labute approximate surface area is 166 Å². The van der Waals surface area contributed by atoms with Crippen molar-refractivity contribution in [3.05, 3.63) is 43.9 Å². The molecule has 2 heterocycles. The first-order chi connectivity index (χ1) is 12.7. The number of hydrogen-bond acceptors (Lipinski definition) is 4. The van der Waals surface area contributed by atoms with Crippen LogP contribution in [-0.4, -0.2) is 58.5 Å². The molecule has 0 saturated carbocycles. The Morgan fingerprint density at radius 2 is 2.11 bits per heavy atom. The molecular formula is C17H20Cl2N4O4. The second-order valence-electron chi connectivity index (χ2n) is 7.31. The predicted molar refractivity (Wildman–Crippen MR) is 102 cm³/mol. The number of rotatable bonds is 4. The number of hydrogen-bond donors (Lipinski definition) is 0. The number of ether oxygens (including phenoxy) is 1. The third kappa shape index (κ3) is 4.51. The van der Waals surface area contributed by atoms with Crippen LogP contribution in [0, 0.1) is 16.0 Å². The van der Waals surface area contributed by atoms with E-state index in [1.54, 1.807) is 4.90 Å². The van der Waals surface area contributed by atoms with E-state index in [1.807, 2.05) is 13.8 Å². The molecule has 1 aromatic rings. The van der Waals surface area contributed by atoms with E-state index in [1.165, 1.54) is 23.1 Å². The molecule has 2 fully saturated rings. The van der Waals surface area contributed by atoms with Crippen molar-refractivity contribution in [2.75, 3.05) is 26.2 Å². The van der Waals surface area contributed by atoms with Crippen LogP contribution in [0.4, 0.5) is 0 Å². The van der Waals surface area contributed by atoms with Gasteiger partial charge in [0, 0.05) is 31.1 Å². The summed E-state index contributed by atoms with van der Waals surface area (Å²) in [6.07, 6.45) is 0.843. The summed E-state index contributed by atoms with van der Waals surface area (Å²) < 4.78 is 5.74. The number of carbonyl (C=O) groups is 1. The molecule has 1 atom stereocenters. The second kappa shape index (κ2) is 7.61. The number of guanidine groups is 1. The highest BCUT2D eigenvalue weighted by atomic mass is 35.5. The van der Waals surface area contributed by atoms with Gasteiger partial charge in [-0.2, -0.15) is 0 Å². The van der Waals surface area contributed by atoms with Crippen LogP contribution in [0.5, 0.6) is 0 Å². The molecule has 3 rings (SSSR count). The molecule has 146 valence electrons. The lowest BCUT2D eigenvalue weighted by atomic mass is 9.97. The first-order valence-electron chi connectivity index (χ1n) is 8.55. The minimum absolute atomic E-state index is 0.0424. The van der Waals surface area contributed by atoms with Gasteiger partial charge in [0.05, 0.1) is 22.3 Å². The van der Waals surface area contributed by atoms with Crippen LogP contribution < -0.4 is 0 Å². The molecule has 2 saturated heterocycles. The Morgan fingerprint density at radius 1 is 1.37 bits per heavy atom. The molecule has 0 N–H and O–H groups in total. The van der Waals surface area contributed by atoms with E-state index in [-0.39, 0.29) is 22.5 Å². The Kier molecular flexibility index (Phi) is 5.60. The summed E-state index contributed by atoms with van der Waals surface area (Å²) in [6, 6.07) is 4.51. The standard InChI is InChI=1S/C17H20Cl2N4O4/c1-17(2)8-11(10-27-17)9-21-5-6-22(16(21)20-23(25)26)15(24)12-3-4-13(18)14(19)7-12/h3-4,7,11H,5-6,8-10H2,1-2H3. The number of nitrogens with zero attached hydrogens (tertiary/aromatic N) is 4. The van der Waals surface area contributed by atoms with Crippen molar-refractivity contribution in [2.45, 2.75) is 25.9 Å². The average Bonchev–Trinajstić information content (AvgIpc) is 3.12. The maximum atomic E-state index is 12.9. The Hall–Kier alpha value is -1.90. The van der Waals surface area contributed by atoms with Crippen molar-refractivity contribution in [2.24, 2.45) is 11.0 Å². The van der Waals surface area contributed by atoms with Gasteiger partial charge in [0.25, 0.3) is 11.9 Å². The number of amides is 1. The zero-order valence-electron chi connectivity index (χ0n) is 15.0. The third-order valence-corrected chi connectivity index (χ3v) is 5.41. The summed E-state index contributed by atoms with van der Waals surface area (Å²) in [5.41, 5.74) is 0.0908. The summed E-state index contributed by atoms with van der Waals surface area (Å²) >= 11 is 11.9. The van der Waals surface area contributed by atoms with Crippen LogP contribution in [0.15, 0.2) is 23.3 Å². The van der Waals surface area contributed by atoms with E-state index in [4.69, 9.17) is 27.9 Å². The van der Waals surface area contributed by atoms with Crippen LogP contribution in [0.3, 0.4) is 0 Å². The summed E-state index contributed by atoms with van der Waals surface area (Å²) in [5.74, 6) is -0.141. The molecule has 2 aliphatic heterocycles. The van der Waals surface area contributed by atoms with Gasteiger partial charge in [0.1, 0.15) is 5.10 Å².